The Labute approximate surface area is 63.7 Å². The molecule has 0 heterocycles. The second kappa shape index (κ2) is 2.86. The van der Waals surface area contributed by atoms with Crippen LogP contribution in [-0.2, 0) is 4.43 Å². The lowest BCUT2D eigenvalue weighted by Crippen LogP contribution is -2.39. The van der Waals surface area contributed by atoms with Gasteiger partial charge in [0.15, 0.2) is 0 Å². The molecule has 0 radical (unpaired) electrons. The van der Waals surface area contributed by atoms with Crippen LogP contribution in [0.25, 0.3) is 0 Å². The van der Waals surface area contributed by atoms with Crippen molar-refractivity contribution in [3.63, 3.8) is 0 Å². The Morgan fingerprint density at radius 3 is 2.00 bits per heavy atom. The second-order valence-corrected chi connectivity index (χ2v) is 7.18. The quantitative estimate of drug-likeness (QED) is 0.502. The van der Waals surface area contributed by atoms with Crippen LogP contribution < -0.4 is 0 Å². The van der Waals surface area contributed by atoms with E-state index in [-0.39, 0.29) is 0 Å². The first-order valence-electron chi connectivity index (χ1n) is 3.33. The van der Waals surface area contributed by atoms with E-state index in [1.54, 1.807) is 19.5 Å². The van der Waals surface area contributed by atoms with E-state index in [2.05, 4.69) is 6.58 Å². The standard InChI is InChI=1S/C7H16O2Si/c1-6-10(4,5)9-7(2,3)8/h6,8H,1H2,2-5H3. The first-order chi connectivity index (χ1) is 4.27. The van der Waals surface area contributed by atoms with Gasteiger partial charge in [0.1, 0.15) is 5.79 Å². The van der Waals surface area contributed by atoms with E-state index in [0.717, 1.165) is 0 Å². The molecule has 0 saturated heterocycles. The maximum atomic E-state index is 9.25. The van der Waals surface area contributed by atoms with Crippen molar-refractivity contribution in [2.45, 2.75) is 32.7 Å². The summed E-state index contributed by atoms with van der Waals surface area (Å²) in [4.78, 5) is 0. The maximum absolute atomic E-state index is 9.25. The molecule has 0 amide bonds. The Balaban J connectivity index is 4.01. The average Bonchev–Trinajstić information content (AvgIpc) is 1.60. The molecule has 10 heavy (non-hydrogen) atoms. The summed E-state index contributed by atoms with van der Waals surface area (Å²) in [6.07, 6.45) is 0. The SMILES string of the molecule is C=C[Si](C)(C)OC(C)(C)O. The first kappa shape index (κ1) is 9.88. The van der Waals surface area contributed by atoms with Crippen molar-refractivity contribution in [2.24, 2.45) is 0 Å². The fourth-order valence-corrected chi connectivity index (χ4v) is 2.06. The molecule has 0 aromatic rings. The van der Waals surface area contributed by atoms with Gasteiger partial charge in [-0.3, -0.25) is 0 Å². The van der Waals surface area contributed by atoms with Gasteiger partial charge < -0.3 is 9.53 Å². The number of hydrogen-bond donors (Lipinski definition) is 1. The minimum Gasteiger partial charge on any atom is -0.387 e. The van der Waals surface area contributed by atoms with Gasteiger partial charge in [-0.1, -0.05) is 5.70 Å². The van der Waals surface area contributed by atoms with Gasteiger partial charge in [0.2, 0.25) is 8.32 Å². The molecule has 0 unspecified atom stereocenters. The molecule has 0 rings (SSSR count). The summed E-state index contributed by atoms with van der Waals surface area (Å²) in [6.45, 7) is 10.9. The monoisotopic (exact) mass is 160 g/mol. The Hall–Kier alpha value is -0.123. The Bertz CT molecular complexity index is 124. The third-order valence-corrected chi connectivity index (χ3v) is 3.01. The van der Waals surface area contributed by atoms with E-state index in [1.165, 1.54) is 0 Å². The van der Waals surface area contributed by atoms with E-state index in [9.17, 15) is 5.11 Å². The van der Waals surface area contributed by atoms with Crippen LogP contribution in [0.3, 0.4) is 0 Å². The number of aliphatic hydroxyl groups is 1. The minimum atomic E-state index is -1.80. The molecule has 60 valence electrons. The van der Waals surface area contributed by atoms with Crippen LogP contribution >= 0.6 is 0 Å². The van der Waals surface area contributed by atoms with Gasteiger partial charge >= 0.3 is 0 Å². The van der Waals surface area contributed by atoms with Crippen molar-refractivity contribution in [3.8, 4) is 0 Å². The summed E-state index contributed by atoms with van der Waals surface area (Å²) >= 11 is 0. The molecule has 3 heteroatoms. The van der Waals surface area contributed by atoms with Gasteiger partial charge in [-0.15, -0.1) is 6.58 Å². The lowest BCUT2D eigenvalue weighted by atomic mass is 10.4. The predicted molar refractivity (Wildman–Crippen MR) is 45.1 cm³/mol. The van der Waals surface area contributed by atoms with Crippen molar-refractivity contribution in [1.82, 2.24) is 0 Å². The smallest absolute Gasteiger partial charge is 0.214 e. The molecule has 0 aliphatic heterocycles. The molecule has 0 aromatic heterocycles. The van der Waals surface area contributed by atoms with Gasteiger partial charge in [0.05, 0.1) is 0 Å². The molecule has 0 spiro atoms. The van der Waals surface area contributed by atoms with Crippen LogP contribution in [0, 0.1) is 0 Å². The second-order valence-electron chi connectivity index (χ2n) is 3.36. The molecule has 0 aliphatic rings. The van der Waals surface area contributed by atoms with Gasteiger partial charge in [-0.05, 0) is 26.9 Å². The lowest BCUT2D eigenvalue weighted by molar-refractivity contribution is -0.110. The third kappa shape index (κ3) is 4.73. The number of rotatable bonds is 3. The highest BCUT2D eigenvalue weighted by atomic mass is 28.4. The van der Waals surface area contributed by atoms with Gasteiger partial charge in [0.25, 0.3) is 0 Å². The van der Waals surface area contributed by atoms with E-state index < -0.39 is 14.1 Å². The molecular formula is C7H16O2Si. The van der Waals surface area contributed by atoms with Crippen LogP contribution in [0.15, 0.2) is 12.3 Å². The highest BCUT2D eigenvalue weighted by Crippen LogP contribution is 2.14. The predicted octanol–water partition coefficient (Wildman–Crippen LogP) is 1.66. The van der Waals surface area contributed by atoms with E-state index in [1.807, 2.05) is 13.1 Å². The largest absolute Gasteiger partial charge is 0.387 e. The summed E-state index contributed by atoms with van der Waals surface area (Å²) in [5.74, 6) is -1.02. The zero-order valence-electron chi connectivity index (χ0n) is 7.14. The molecule has 1 N–H and O–H groups in total. The summed E-state index contributed by atoms with van der Waals surface area (Å²) < 4.78 is 5.35. The van der Waals surface area contributed by atoms with E-state index in [4.69, 9.17) is 4.43 Å². The molecule has 0 aliphatic carbocycles. The maximum Gasteiger partial charge on any atom is 0.214 e. The van der Waals surface area contributed by atoms with E-state index >= 15 is 0 Å². The Morgan fingerprint density at radius 1 is 1.50 bits per heavy atom. The summed E-state index contributed by atoms with van der Waals surface area (Å²) in [6, 6.07) is 0. The van der Waals surface area contributed by atoms with Crippen molar-refractivity contribution >= 4 is 8.32 Å². The van der Waals surface area contributed by atoms with Gasteiger partial charge in [0, 0.05) is 0 Å². The topological polar surface area (TPSA) is 29.5 Å². The zero-order chi connectivity index (χ0) is 8.41. The normalized spacial score (nSPS) is 13.3. The Kier molecular flexibility index (Phi) is 2.82. The molecular weight excluding hydrogens is 144 g/mol. The molecule has 2 nitrogen and oxygen atoms in total. The van der Waals surface area contributed by atoms with Crippen LogP contribution in [0.5, 0.6) is 0 Å². The summed E-state index contributed by atoms with van der Waals surface area (Å²) in [5, 5.41) is 9.25. The summed E-state index contributed by atoms with van der Waals surface area (Å²) in [5.41, 5.74) is 1.80. The molecule has 0 bridgehead atoms. The average molecular weight is 160 g/mol. The molecule has 0 saturated carbocycles. The minimum absolute atomic E-state index is 1.02. The first-order valence-corrected chi connectivity index (χ1v) is 6.31. The van der Waals surface area contributed by atoms with Gasteiger partial charge in [-0.25, -0.2) is 0 Å². The van der Waals surface area contributed by atoms with Crippen molar-refractivity contribution in [1.29, 1.82) is 0 Å². The third-order valence-electron chi connectivity index (χ3n) is 1.00. The van der Waals surface area contributed by atoms with Crippen molar-refractivity contribution in [3.05, 3.63) is 12.3 Å². The molecule has 0 fully saturated rings. The van der Waals surface area contributed by atoms with E-state index in [0.29, 0.717) is 0 Å². The Morgan fingerprint density at radius 2 is 1.90 bits per heavy atom. The zero-order valence-corrected chi connectivity index (χ0v) is 8.14. The number of hydrogen-bond acceptors (Lipinski definition) is 2. The van der Waals surface area contributed by atoms with Crippen molar-refractivity contribution < 1.29 is 9.53 Å². The van der Waals surface area contributed by atoms with Crippen LogP contribution in [0.1, 0.15) is 13.8 Å². The van der Waals surface area contributed by atoms with Crippen LogP contribution in [0.4, 0.5) is 0 Å². The van der Waals surface area contributed by atoms with Crippen molar-refractivity contribution in [2.75, 3.05) is 0 Å². The highest BCUT2D eigenvalue weighted by Gasteiger charge is 2.26. The molecule has 0 atom stereocenters. The van der Waals surface area contributed by atoms with Crippen LogP contribution in [0.2, 0.25) is 13.1 Å². The van der Waals surface area contributed by atoms with Gasteiger partial charge in [-0.2, -0.15) is 0 Å². The fourth-order valence-electron chi connectivity index (χ4n) is 0.685. The fraction of sp³-hybridized carbons (Fsp3) is 0.714. The highest BCUT2D eigenvalue weighted by molar-refractivity contribution is 6.76. The lowest BCUT2D eigenvalue weighted by Gasteiger charge is -2.28. The van der Waals surface area contributed by atoms with Crippen LogP contribution in [-0.4, -0.2) is 19.2 Å². The molecule has 0 aromatic carbocycles. The summed E-state index contributed by atoms with van der Waals surface area (Å²) in [7, 11) is -1.80.